The van der Waals surface area contributed by atoms with Gasteiger partial charge in [0.25, 0.3) is 0 Å². The fourth-order valence-electron chi connectivity index (χ4n) is 2.23. The average molecular weight is 258 g/mol. The van der Waals surface area contributed by atoms with Gasteiger partial charge < -0.3 is 0 Å². The van der Waals surface area contributed by atoms with Crippen molar-refractivity contribution < 1.29 is 0 Å². The van der Waals surface area contributed by atoms with Crippen LogP contribution in [0.5, 0.6) is 0 Å². The molecule has 1 aromatic carbocycles. The van der Waals surface area contributed by atoms with Gasteiger partial charge in [-0.1, -0.05) is 37.3 Å². The normalized spacial score (nSPS) is 16.4. The second kappa shape index (κ2) is 4.71. The lowest BCUT2D eigenvalue weighted by molar-refractivity contribution is 1.22. The Kier molecular flexibility index (Phi) is 3.08. The first kappa shape index (κ1) is 11.1. The quantitative estimate of drug-likeness (QED) is 0.678. The Balaban J connectivity index is 2.23. The van der Waals surface area contributed by atoms with Crippen LogP contribution in [-0.4, -0.2) is 0 Å². The molecule has 0 spiro atoms. The number of rotatable bonds is 1. The summed E-state index contributed by atoms with van der Waals surface area (Å²) in [6.45, 7) is 2.21. The van der Waals surface area contributed by atoms with E-state index in [1.807, 2.05) is 23.1 Å². The number of fused-ring (bicyclic) bond motifs is 2. The predicted molar refractivity (Wildman–Crippen MR) is 77.7 cm³/mol. The molecule has 0 N–H and O–H groups in total. The van der Waals surface area contributed by atoms with Gasteiger partial charge in [0.05, 0.1) is 4.21 Å². The summed E-state index contributed by atoms with van der Waals surface area (Å²) in [6, 6.07) is 11.1. The molecule has 2 heteroatoms. The number of benzene rings is 1. The first-order valence-corrected chi connectivity index (χ1v) is 7.75. The monoisotopic (exact) mass is 258 g/mol. The lowest BCUT2D eigenvalue weighted by Gasteiger charge is -2.08. The summed E-state index contributed by atoms with van der Waals surface area (Å²) in [5.74, 6) is 1.09. The van der Waals surface area contributed by atoms with Crippen molar-refractivity contribution in [2.75, 3.05) is 0 Å². The van der Waals surface area contributed by atoms with Crippen molar-refractivity contribution in [3.63, 3.8) is 0 Å². The summed E-state index contributed by atoms with van der Waals surface area (Å²) in [6.07, 6.45) is 3.44. The maximum Gasteiger partial charge on any atom is 0.0680 e. The molecule has 1 aliphatic heterocycles. The van der Waals surface area contributed by atoms with Crippen LogP contribution in [0.15, 0.2) is 46.0 Å². The van der Waals surface area contributed by atoms with E-state index in [1.165, 1.54) is 26.5 Å². The van der Waals surface area contributed by atoms with Crippen LogP contribution in [0, 0.1) is 0 Å². The Morgan fingerprint density at radius 3 is 2.94 bits per heavy atom. The zero-order chi connectivity index (χ0) is 11.7. The van der Waals surface area contributed by atoms with Gasteiger partial charge in [0.1, 0.15) is 0 Å². The van der Waals surface area contributed by atoms with E-state index in [1.54, 1.807) is 0 Å². The maximum absolute atomic E-state index is 2.36. The molecule has 2 aromatic rings. The fraction of sp³-hybridized carbons (Fsp3) is 0.200. The zero-order valence-electron chi connectivity index (χ0n) is 9.77. The predicted octanol–water partition coefficient (Wildman–Crippen LogP) is 5.20. The molecule has 17 heavy (non-hydrogen) atoms. The summed E-state index contributed by atoms with van der Waals surface area (Å²) in [5, 5.41) is 2.20. The Hall–Kier alpha value is -0.990. The molecule has 3 rings (SSSR count). The molecule has 2 heterocycles. The fourth-order valence-corrected chi connectivity index (χ4v) is 4.35. The second-order valence-electron chi connectivity index (χ2n) is 4.09. The molecular formula is C15H14S2. The van der Waals surface area contributed by atoms with Gasteiger partial charge in [0.2, 0.25) is 0 Å². The van der Waals surface area contributed by atoms with E-state index in [-0.39, 0.29) is 0 Å². The van der Waals surface area contributed by atoms with Gasteiger partial charge in [-0.2, -0.15) is 0 Å². The van der Waals surface area contributed by atoms with Crippen molar-refractivity contribution in [3.8, 4) is 0 Å². The first-order valence-electron chi connectivity index (χ1n) is 5.89. The van der Waals surface area contributed by atoms with Crippen LogP contribution in [0.2, 0.25) is 0 Å². The minimum Gasteiger partial charge on any atom is -0.137 e. The smallest absolute Gasteiger partial charge is 0.0680 e. The SMILES string of the molecule is CC/C=C1/c2ccccc2CSc2sccc21. The third-order valence-electron chi connectivity index (χ3n) is 2.99. The number of hydrogen-bond donors (Lipinski definition) is 0. The highest BCUT2D eigenvalue weighted by Crippen LogP contribution is 2.42. The highest BCUT2D eigenvalue weighted by molar-refractivity contribution is 8.00. The van der Waals surface area contributed by atoms with E-state index in [2.05, 4.69) is 48.7 Å². The number of thioether (sulfide) groups is 1. The van der Waals surface area contributed by atoms with Gasteiger partial charge in [0, 0.05) is 11.3 Å². The number of hydrogen-bond acceptors (Lipinski definition) is 2. The highest BCUT2D eigenvalue weighted by atomic mass is 32.2. The summed E-state index contributed by atoms with van der Waals surface area (Å²) in [5.41, 5.74) is 5.72. The van der Waals surface area contributed by atoms with E-state index in [9.17, 15) is 0 Å². The molecule has 0 saturated heterocycles. The lowest BCUT2D eigenvalue weighted by Crippen LogP contribution is -1.90. The molecular weight excluding hydrogens is 244 g/mol. The van der Waals surface area contributed by atoms with E-state index >= 15 is 0 Å². The number of thiophene rings is 1. The van der Waals surface area contributed by atoms with Gasteiger partial charge in [-0.25, -0.2) is 0 Å². The van der Waals surface area contributed by atoms with Gasteiger partial charge >= 0.3 is 0 Å². The Morgan fingerprint density at radius 1 is 1.18 bits per heavy atom. The van der Waals surface area contributed by atoms with Crippen molar-refractivity contribution in [3.05, 3.63) is 58.5 Å². The van der Waals surface area contributed by atoms with E-state index in [4.69, 9.17) is 0 Å². The highest BCUT2D eigenvalue weighted by Gasteiger charge is 2.18. The topological polar surface area (TPSA) is 0 Å². The molecule has 0 aliphatic carbocycles. The molecule has 0 bridgehead atoms. The molecule has 0 radical (unpaired) electrons. The van der Waals surface area contributed by atoms with Gasteiger partial charge in [-0.3, -0.25) is 0 Å². The van der Waals surface area contributed by atoms with Crippen LogP contribution in [0.25, 0.3) is 5.57 Å². The van der Waals surface area contributed by atoms with Gasteiger partial charge in [-0.05, 0) is 34.6 Å². The molecule has 0 amide bonds. The van der Waals surface area contributed by atoms with Crippen LogP contribution < -0.4 is 0 Å². The van der Waals surface area contributed by atoms with Crippen LogP contribution >= 0.6 is 23.1 Å². The van der Waals surface area contributed by atoms with Gasteiger partial charge in [0.15, 0.2) is 0 Å². The summed E-state index contributed by atoms with van der Waals surface area (Å²) in [7, 11) is 0. The average Bonchev–Trinajstić information content (AvgIpc) is 2.77. The Morgan fingerprint density at radius 2 is 2.06 bits per heavy atom. The molecule has 86 valence electrons. The molecule has 0 saturated carbocycles. The van der Waals surface area contributed by atoms with Crippen LogP contribution in [-0.2, 0) is 5.75 Å². The van der Waals surface area contributed by atoms with Gasteiger partial charge in [-0.15, -0.1) is 23.1 Å². The molecule has 0 unspecified atom stereocenters. The van der Waals surface area contributed by atoms with E-state index < -0.39 is 0 Å². The third-order valence-corrected chi connectivity index (χ3v) is 5.28. The first-order chi connectivity index (χ1) is 8.40. The van der Waals surface area contributed by atoms with Crippen LogP contribution in [0.4, 0.5) is 0 Å². The largest absolute Gasteiger partial charge is 0.137 e. The lowest BCUT2D eigenvalue weighted by atomic mass is 9.95. The molecule has 0 fully saturated rings. The van der Waals surface area contributed by atoms with Crippen molar-refractivity contribution in [1.29, 1.82) is 0 Å². The summed E-state index contributed by atoms with van der Waals surface area (Å²) < 4.78 is 1.46. The summed E-state index contributed by atoms with van der Waals surface area (Å²) in [4.78, 5) is 0. The molecule has 0 nitrogen and oxygen atoms in total. The zero-order valence-corrected chi connectivity index (χ0v) is 11.4. The van der Waals surface area contributed by atoms with Crippen molar-refractivity contribution >= 4 is 28.7 Å². The maximum atomic E-state index is 2.36. The minimum atomic E-state index is 1.09. The van der Waals surface area contributed by atoms with E-state index in [0.717, 1.165) is 12.2 Å². The Bertz CT molecular complexity index is 564. The Labute approximate surface area is 110 Å². The van der Waals surface area contributed by atoms with Crippen molar-refractivity contribution in [2.24, 2.45) is 0 Å². The molecule has 1 aromatic heterocycles. The van der Waals surface area contributed by atoms with E-state index in [0.29, 0.717) is 0 Å². The molecule has 1 aliphatic rings. The van der Waals surface area contributed by atoms with Crippen LogP contribution in [0.1, 0.15) is 30.0 Å². The van der Waals surface area contributed by atoms with Crippen LogP contribution in [0.3, 0.4) is 0 Å². The summed E-state index contributed by atoms with van der Waals surface area (Å²) >= 11 is 3.83. The number of allylic oxidation sites excluding steroid dienone is 1. The van der Waals surface area contributed by atoms with Crippen molar-refractivity contribution in [2.45, 2.75) is 23.3 Å². The van der Waals surface area contributed by atoms with Crippen molar-refractivity contribution in [1.82, 2.24) is 0 Å². The third kappa shape index (κ3) is 1.96. The minimum absolute atomic E-state index is 1.09. The molecule has 0 atom stereocenters. The standard InChI is InChI=1S/C15H14S2/c1-2-5-13-12-7-4-3-6-11(12)10-17-15-14(13)8-9-16-15/h3-9H,2,10H2,1H3/b13-5-. The second-order valence-corrected chi connectivity index (χ2v) is 6.25.